The lowest BCUT2D eigenvalue weighted by molar-refractivity contribution is -0.145. The molecule has 2 saturated heterocycles. The molecule has 12 heteroatoms. The number of carboxylic acids is 1. The highest BCUT2D eigenvalue weighted by molar-refractivity contribution is 7.09. The van der Waals surface area contributed by atoms with Crippen LogP contribution in [0.1, 0.15) is 41.4 Å². The standard InChI is InChI=1S/C31H39N7O4S/c1-35-10-12-37(13-11-35)28(39)20-36-8-6-25(7-9-36)38-19-24(17-33-38)26-21-43-27(34-26)18-32-30(42)31(16-29(40)41)14-22-4-2-3-5-23(22)15-31/h2-5,17,19,21,25H,6-16,18,20H2,1H3,(H,32,42)(H,40,41). The highest BCUT2D eigenvalue weighted by atomic mass is 32.1. The molecule has 2 fully saturated rings. The molecule has 43 heavy (non-hydrogen) atoms. The molecule has 0 saturated carbocycles. The number of benzene rings is 1. The smallest absolute Gasteiger partial charge is 0.304 e. The van der Waals surface area contributed by atoms with Gasteiger partial charge in [-0.3, -0.25) is 24.0 Å². The van der Waals surface area contributed by atoms with Gasteiger partial charge in [-0.25, -0.2) is 4.98 Å². The molecule has 3 aromatic rings. The summed E-state index contributed by atoms with van der Waals surface area (Å²) < 4.78 is 2.02. The number of carbonyl (C=O) groups is 3. The van der Waals surface area contributed by atoms with E-state index in [-0.39, 0.29) is 30.8 Å². The van der Waals surface area contributed by atoms with E-state index in [0.717, 1.165) is 79.5 Å². The number of aromatic nitrogens is 3. The van der Waals surface area contributed by atoms with Gasteiger partial charge in [-0.15, -0.1) is 11.3 Å². The van der Waals surface area contributed by atoms with Gasteiger partial charge >= 0.3 is 5.97 Å². The minimum Gasteiger partial charge on any atom is -0.481 e. The Morgan fingerprint density at radius 3 is 2.42 bits per heavy atom. The molecule has 2 aliphatic heterocycles. The molecule has 0 unspecified atom stereocenters. The molecule has 0 atom stereocenters. The van der Waals surface area contributed by atoms with Crippen LogP contribution in [0.3, 0.4) is 0 Å². The zero-order valence-corrected chi connectivity index (χ0v) is 25.4. The largest absolute Gasteiger partial charge is 0.481 e. The van der Waals surface area contributed by atoms with Crippen molar-refractivity contribution < 1.29 is 19.5 Å². The molecule has 0 spiro atoms. The Kier molecular flexibility index (Phi) is 8.60. The second-order valence-corrected chi connectivity index (χ2v) is 13.1. The van der Waals surface area contributed by atoms with Crippen molar-refractivity contribution in [3.05, 3.63) is 58.2 Å². The van der Waals surface area contributed by atoms with Gasteiger partial charge in [0.25, 0.3) is 0 Å². The topological polar surface area (TPSA) is 124 Å². The number of hydrogen-bond acceptors (Lipinski definition) is 8. The zero-order chi connectivity index (χ0) is 30.0. The lowest BCUT2D eigenvalue weighted by Gasteiger charge is -2.36. The highest BCUT2D eigenvalue weighted by Crippen LogP contribution is 2.40. The first-order chi connectivity index (χ1) is 20.8. The van der Waals surface area contributed by atoms with E-state index in [1.165, 1.54) is 11.3 Å². The number of likely N-dealkylation sites (tertiary alicyclic amines) is 1. The summed E-state index contributed by atoms with van der Waals surface area (Å²) in [4.78, 5) is 49.0. The van der Waals surface area contributed by atoms with E-state index in [1.807, 2.05) is 51.6 Å². The monoisotopic (exact) mass is 605 g/mol. The van der Waals surface area contributed by atoms with Crippen LogP contribution in [-0.2, 0) is 33.8 Å². The first kappa shape index (κ1) is 29.5. The molecule has 1 aromatic carbocycles. The van der Waals surface area contributed by atoms with E-state index in [4.69, 9.17) is 4.98 Å². The number of likely N-dealkylation sites (N-methyl/N-ethyl adjacent to an activating group) is 1. The zero-order valence-electron chi connectivity index (χ0n) is 24.6. The van der Waals surface area contributed by atoms with Gasteiger partial charge < -0.3 is 20.2 Å². The van der Waals surface area contributed by atoms with Crippen LogP contribution in [0.4, 0.5) is 0 Å². The molecular formula is C31H39N7O4S. The first-order valence-corrected chi connectivity index (χ1v) is 15.9. The normalized spacial score (nSPS) is 19.3. The summed E-state index contributed by atoms with van der Waals surface area (Å²) in [6, 6.07) is 8.07. The van der Waals surface area contributed by atoms with Crippen molar-refractivity contribution in [2.75, 3.05) is 52.9 Å². The van der Waals surface area contributed by atoms with Gasteiger partial charge in [0.1, 0.15) is 5.01 Å². The van der Waals surface area contributed by atoms with Gasteiger partial charge in [-0.05, 0) is 43.9 Å². The van der Waals surface area contributed by atoms with Crippen LogP contribution in [0, 0.1) is 5.41 Å². The Labute approximate surface area is 255 Å². The fourth-order valence-corrected chi connectivity index (χ4v) is 7.32. The van der Waals surface area contributed by atoms with Crippen molar-refractivity contribution in [3.8, 4) is 11.3 Å². The van der Waals surface area contributed by atoms with Crippen molar-refractivity contribution >= 4 is 29.1 Å². The van der Waals surface area contributed by atoms with E-state index < -0.39 is 11.4 Å². The van der Waals surface area contributed by atoms with Crippen molar-refractivity contribution in [2.24, 2.45) is 5.41 Å². The maximum atomic E-state index is 13.3. The summed E-state index contributed by atoms with van der Waals surface area (Å²) in [6.45, 7) is 5.98. The summed E-state index contributed by atoms with van der Waals surface area (Å²) in [5.41, 5.74) is 2.83. The third kappa shape index (κ3) is 6.66. The van der Waals surface area contributed by atoms with Gasteiger partial charge in [-0.1, -0.05) is 24.3 Å². The molecule has 11 nitrogen and oxygen atoms in total. The SMILES string of the molecule is CN1CCN(C(=O)CN2CCC(n3cc(-c4csc(CNC(=O)C5(CC(=O)O)Cc6ccccc6C5)n4)cn3)CC2)CC1. The van der Waals surface area contributed by atoms with E-state index in [9.17, 15) is 19.5 Å². The third-order valence-electron chi connectivity index (χ3n) is 9.14. The Morgan fingerprint density at radius 2 is 1.74 bits per heavy atom. The Hall–Kier alpha value is -3.61. The van der Waals surface area contributed by atoms with Crippen LogP contribution in [0.2, 0.25) is 0 Å². The number of aliphatic carboxylic acids is 1. The van der Waals surface area contributed by atoms with Crippen LogP contribution >= 0.6 is 11.3 Å². The molecule has 6 rings (SSSR count). The molecular weight excluding hydrogens is 566 g/mol. The third-order valence-corrected chi connectivity index (χ3v) is 9.99. The van der Waals surface area contributed by atoms with Gasteiger partial charge in [0, 0.05) is 56.4 Å². The minimum absolute atomic E-state index is 0.207. The van der Waals surface area contributed by atoms with Crippen molar-refractivity contribution in [1.82, 2.24) is 34.8 Å². The Morgan fingerprint density at radius 1 is 1.05 bits per heavy atom. The van der Waals surface area contributed by atoms with Crippen LogP contribution in [0.25, 0.3) is 11.3 Å². The maximum absolute atomic E-state index is 13.3. The summed E-state index contributed by atoms with van der Waals surface area (Å²) in [6.07, 6.45) is 6.38. The Balaban J connectivity index is 1.01. The lowest BCUT2D eigenvalue weighted by Crippen LogP contribution is -2.50. The quantitative estimate of drug-likeness (QED) is 0.381. The molecule has 1 aliphatic carbocycles. The van der Waals surface area contributed by atoms with Crippen LogP contribution in [0.5, 0.6) is 0 Å². The summed E-state index contributed by atoms with van der Waals surface area (Å²) in [5, 5.41) is 19.9. The lowest BCUT2D eigenvalue weighted by atomic mass is 9.80. The van der Waals surface area contributed by atoms with Crippen LogP contribution in [0.15, 0.2) is 42.0 Å². The number of amides is 2. The van der Waals surface area contributed by atoms with Crippen molar-refractivity contribution in [2.45, 2.75) is 44.7 Å². The molecule has 228 valence electrons. The highest BCUT2D eigenvalue weighted by Gasteiger charge is 2.45. The molecule has 0 radical (unpaired) electrons. The minimum atomic E-state index is -0.982. The van der Waals surface area contributed by atoms with Gasteiger partial charge in [0.15, 0.2) is 0 Å². The van der Waals surface area contributed by atoms with E-state index in [2.05, 4.69) is 27.3 Å². The number of rotatable bonds is 9. The number of nitrogens with one attached hydrogen (secondary N) is 1. The number of carboxylic acid groups (broad SMARTS) is 1. The molecule has 2 amide bonds. The van der Waals surface area contributed by atoms with Crippen molar-refractivity contribution in [3.63, 3.8) is 0 Å². The number of carbonyl (C=O) groups excluding carboxylic acids is 2. The number of hydrogen-bond donors (Lipinski definition) is 2. The number of nitrogens with zero attached hydrogens (tertiary/aromatic N) is 6. The van der Waals surface area contributed by atoms with Crippen LogP contribution in [-0.4, -0.2) is 105 Å². The van der Waals surface area contributed by atoms with E-state index in [1.54, 1.807) is 0 Å². The first-order valence-electron chi connectivity index (χ1n) is 15.0. The average molecular weight is 606 g/mol. The molecule has 2 aromatic heterocycles. The average Bonchev–Trinajstić information content (AvgIpc) is 3.75. The summed E-state index contributed by atoms with van der Waals surface area (Å²) in [5.74, 6) is -0.984. The molecule has 2 N–H and O–H groups in total. The van der Waals surface area contributed by atoms with Gasteiger partial charge in [-0.2, -0.15) is 5.10 Å². The molecule has 3 aliphatic rings. The predicted molar refractivity (Wildman–Crippen MR) is 163 cm³/mol. The fraction of sp³-hybridized carbons (Fsp3) is 0.516. The van der Waals surface area contributed by atoms with Gasteiger partial charge in [0.05, 0.1) is 42.9 Å². The number of thiazole rings is 1. The summed E-state index contributed by atoms with van der Waals surface area (Å²) in [7, 11) is 2.09. The molecule has 4 heterocycles. The van der Waals surface area contributed by atoms with Gasteiger partial charge in [0.2, 0.25) is 11.8 Å². The Bertz CT molecular complexity index is 1440. The van der Waals surface area contributed by atoms with Crippen molar-refractivity contribution in [1.29, 1.82) is 0 Å². The predicted octanol–water partition coefficient (Wildman–Crippen LogP) is 2.29. The summed E-state index contributed by atoms with van der Waals surface area (Å²) >= 11 is 1.47. The number of piperazine rings is 1. The maximum Gasteiger partial charge on any atom is 0.304 e. The number of fused-ring (bicyclic) bond motifs is 1. The second kappa shape index (κ2) is 12.6. The van der Waals surface area contributed by atoms with E-state index >= 15 is 0 Å². The number of piperidine rings is 1. The molecule has 0 bridgehead atoms. The second-order valence-electron chi connectivity index (χ2n) is 12.2. The fourth-order valence-electron chi connectivity index (χ4n) is 6.58. The van der Waals surface area contributed by atoms with Crippen LogP contribution < -0.4 is 5.32 Å². The van der Waals surface area contributed by atoms with E-state index in [0.29, 0.717) is 19.4 Å².